The van der Waals surface area contributed by atoms with Gasteiger partial charge < -0.3 is 5.32 Å². The van der Waals surface area contributed by atoms with Crippen LogP contribution in [0.4, 0.5) is 13.2 Å². The molecule has 0 saturated carbocycles. The maximum Gasteiger partial charge on any atom is 0.416 e. The van der Waals surface area contributed by atoms with Crippen LogP contribution in [0.5, 0.6) is 0 Å². The average Bonchev–Trinajstić information content (AvgIpc) is 2.24. The van der Waals surface area contributed by atoms with E-state index in [4.69, 9.17) is 0 Å². The van der Waals surface area contributed by atoms with Gasteiger partial charge in [0.1, 0.15) is 0 Å². The van der Waals surface area contributed by atoms with E-state index < -0.39 is 11.7 Å². The van der Waals surface area contributed by atoms with E-state index in [0.717, 1.165) is 19.0 Å². The van der Waals surface area contributed by atoms with E-state index >= 15 is 0 Å². The van der Waals surface area contributed by atoms with Crippen LogP contribution in [-0.4, -0.2) is 6.54 Å². The zero-order chi connectivity index (χ0) is 13.1. The third-order valence-corrected chi connectivity index (χ3v) is 3.21. The fourth-order valence-electron chi connectivity index (χ4n) is 1.52. The fourth-order valence-corrected chi connectivity index (χ4v) is 2.11. The quantitative estimate of drug-likeness (QED) is 0.861. The van der Waals surface area contributed by atoms with Crippen molar-refractivity contribution in [3.63, 3.8) is 0 Å². The van der Waals surface area contributed by atoms with E-state index in [9.17, 15) is 13.2 Å². The highest BCUT2D eigenvalue weighted by Gasteiger charge is 2.31. The molecule has 1 aromatic rings. The van der Waals surface area contributed by atoms with Crippen LogP contribution in [0, 0.1) is 0 Å². The number of hydrogen-bond donors (Lipinski definition) is 1. The summed E-state index contributed by atoms with van der Waals surface area (Å²) in [6.07, 6.45) is -3.35. The van der Waals surface area contributed by atoms with Gasteiger partial charge in [0.05, 0.1) is 5.56 Å². The monoisotopic (exact) mass is 309 g/mol. The van der Waals surface area contributed by atoms with E-state index in [1.165, 1.54) is 12.1 Å². The Morgan fingerprint density at radius 3 is 2.53 bits per heavy atom. The first-order valence-corrected chi connectivity index (χ1v) is 6.25. The predicted molar refractivity (Wildman–Crippen MR) is 65.9 cm³/mol. The average molecular weight is 310 g/mol. The van der Waals surface area contributed by atoms with Gasteiger partial charge in [0.15, 0.2) is 0 Å². The van der Waals surface area contributed by atoms with Gasteiger partial charge in [-0.25, -0.2) is 0 Å². The Labute approximate surface area is 108 Å². The van der Waals surface area contributed by atoms with Gasteiger partial charge in [0.25, 0.3) is 0 Å². The van der Waals surface area contributed by atoms with Crippen LogP contribution in [0.2, 0.25) is 0 Å². The Morgan fingerprint density at radius 2 is 2.00 bits per heavy atom. The van der Waals surface area contributed by atoms with E-state index in [1.807, 2.05) is 13.8 Å². The van der Waals surface area contributed by atoms with Crippen molar-refractivity contribution in [1.29, 1.82) is 0 Å². The second kappa shape index (κ2) is 5.87. The summed E-state index contributed by atoms with van der Waals surface area (Å²) >= 11 is 3.28. The van der Waals surface area contributed by atoms with Crippen molar-refractivity contribution in [2.24, 2.45) is 0 Å². The molecule has 0 radical (unpaired) electrons. The molecule has 0 aliphatic carbocycles. The molecule has 0 saturated heterocycles. The third kappa shape index (κ3) is 4.00. The summed E-state index contributed by atoms with van der Waals surface area (Å²) in [7, 11) is 0. The molecule has 1 nitrogen and oxygen atoms in total. The second-order valence-electron chi connectivity index (χ2n) is 3.91. The van der Waals surface area contributed by atoms with E-state index in [1.54, 1.807) is 0 Å². The Balaban J connectivity index is 2.98. The Morgan fingerprint density at radius 1 is 1.35 bits per heavy atom. The summed E-state index contributed by atoms with van der Waals surface area (Å²) in [4.78, 5) is 0. The van der Waals surface area contributed by atoms with Crippen LogP contribution in [0.1, 0.15) is 37.4 Å². The van der Waals surface area contributed by atoms with Gasteiger partial charge in [-0.15, -0.1) is 0 Å². The molecule has 0 aliphatic heterocycles. The number of nitrogens with one attached hydrogen (secondary N) is 1. The minimum absolute atomic E-state index is 0.105. The van der Waals surface area contributed by atoms with Gasteiger partial charge in [-0.05, 0) is 43.7 Å². The van der Waals surface area contributed by atoms with Crippen molar-refractivity contribution >= 4 is 15.9 Å². The summed E-state index contributed by atoms with van der Waals surface area (Å²) in [5.41, 5.74) is 0.0223. The molecule has 1 unspecified atom stereocenters. The summed E-state index contributed by atoms with van der Waals surface area (Å²) in [6.45, 7) is 4.65. The molecule has 0 heterocycles. The lowest BCUT2D eigenvalue weighted by Crippen LogP contribution is -2.20. The number of benzene rings is 1. The lowest BCUT2D eigenvalue weighted by molar-refractivity contribution is -0.137. The molecule has 0 fully saturated rings. The van der Waals surface area contributed by atoms with Gasteiger partial charge in [0, 0.05) is 10.5 Å². The van der Waals surface area contributed by atoms with Crippen LogP contribution < -0.4 is 5.32 Å². The SMILES string of the molecule is CCCNC(C)c1cc(C(F)(F)F)ccc1Br. The van der Waals surface area contributed by atoms with Gasteiger partial charge >= 0.3 is 6.18 Å². The van der Waals surface area contributed by atoms with Crippen LogP contribution in [0.3, 0.4) is 0 Å². The van der Waals surface area contributed by atoms with Crippen LogP contribution in [0.15, 0.2) is 22.7 Å². The third-order valence-electron chi connectivity index (χ3n) is 2.49. The summed E-state index contributed by atoms with van der Waals surface area (Å²) in [6, 6.07) is 3.62. The first-order valence-electron chi connectivity index (χ1n) is 5.46. The number of alkyl halides is 3. The molecular weight excluding hydrogens is 295 g/mol. The first kappa shape index (κ1) is 14.5. The summed E-state index contributed by atoms with van der Waals surface area (Å²) in [5.74, 6) is 0. The molecular formula is C12H15BrF3N. The molecule has 1 atom stereocenters. The van der Waals surface area contributed by atoms with E-state index in [0.29, 0.717) is 10.0 Å². The smallest absolute Gasteiger partial charge is 0.310 e. The van der Waals surface area contributed by atoms with Crippen molar-refractivity contribution in [1.82, 2.24) is 5.32 Å². The van der Waals surface area contributed by atoms with E-state index in [2.05, 4.69) is 21.2 Å². The minimum Gasteiger partial charge on any atom is -0.310 e. The highest BCUT2D eigenvalue weighted by Crippen LogP contribution is 2.33. The van der Waals surface area contributed by atoms with Crippen molar-refractivity contribution in [3.05, 3.63) is 33.8 Å². The van der Waals surface area contributed by atoms with Gasteiger partial charge in [0.2, 0.25) is 0 Å². The Hall–Kier alpha value is -0.550. The normalized spacial score (nSPS) is 13.8. The fraction of sp³-hybridized carbons (Fsp3) is 0.500. The van der Waals surface area contributed by atoms with Crippen LogP contribution in [-0.2, 0) is 6.18 Å². The summed E-state index contributed by atoms with van der Waals surface area (Å²) < 4.78 is 38.4. The number of hydrogen-bond acceptors (Lipinski definition) is 1. The Kier molecular flexibility index (Phi) is 5.01. The van der Waals surface area contributed by atoms with Crippen molar-refractivity contribution in [2.45, 2.75) is 32.5 Å². The molecule has 0 aromatic heterocycles. The molecule has 0 amide bonds. The molecule has 1 N–H and O–H groups in total. The molecule has 0 spiro atoms. The molecule has 17 heavy (non-hydrogen) atoms. The lowest BCUT2D eigenvalue weighted by atomic mass is 10.0. The number of rotatable bonds is 4. The second-order valence-corrected chi connectivity index (χ2v) is 4.76. The van der Waals surface area contributed by atoms with Crippen molar-refractivity contribution in [3.8, 4) is 0 Å². The highest BCUT2D eigenvalue weighted by atomic mass is 79.9. The summed E-state index contributed by atoms with van der Waals surface area (Å²) in [5, 5.41) is 3.17. The lowest BCUT2D eigenvalue weighted by Gasteiger charge is -2.17. The molecule has 0 bridgehead atoms. The van der Waals surface area contributed by atoms with E-state index in [-0.39, 0.29) is 6.04 Å². The van der Waals surface area contributed by atoms with Gasteiger partial charge in [-0.2, -0.15) is 13.2 Å². The molecule has 96 valence electrons. The minimum atomic E-state index is -4.29. The zero-order valence-corrected chi connectivity index (χ0v) is 11.3. The molecule has 1 rings (SSSR count). The number of halogens is 4. The first-order chi connectivity index (χ1) is 7.86. The largest absolute Gasteiger partial charge is 0.416 e. The van der Waals surface area contributed by atoms with Crippen molar-refractivity contribution < 1.29 is 13.2 Å². The maximum absolute atomic E-state index is 12.6. The molecule has 1 aromatic carbocycles. The van der Waals surface area contributed by atoms with Gasteiger partial charge in [-0.1, -0.05) is 22.9 Å². The van der Waals surface area contributed by atoms with Crippen LogP contribution in [0.25, 0.3) is 0 Å². The van der Waals surface area contributed by atoms with Crippen molar-refractivity contribution in [2.75, 3.05) is 6.54 Å². The zero-order valence-electron chi connectivity index (χ0n) is 9.74. The van der Waals surface area contributed by atoms with Crippen LogP contribution >= 0.6 is 15.9 Å². The predicted octanol–water partition coefficient (Wildman–Crippen LogP) is 4.53. The molecule has 0 aliphatic rings. The maximum atomic E-state index is 12.6. The Bertz CT molecular complexity index is 377. The topological polar surface area (TPSA) is 12.0 Å². The highest BCUT2D eigenvalue weighted by molar-refractivity contribution is 9.10. The standard InChI is InChI=1S/C12H15BrF3N/c1-3-6-17-8(2)10-7-9(12(14,15)16)4-5-11(10)13/h4-5,7-8,17H,3,6H2,1-2H3. The molecule has 5 heteroatoms. The van der Waals surface area contributed by atoms with Gasteiger partial charge in [-0.3, -0.25) is 0 Å².